The Bertz CT molecular complexity index is 693. The molecule has 0 radical (unpaired) electrons. The van der Waals surface area contributed by atoms with E-state index in [9.17, 15) is 14.3 Å². The van der Waals surface area contributed by atoms with Gasteiger partial charge in [0.15, 0.2) is 0 Å². The van der Waals surface area contributed by atoms with E-state index in [2.05, 4.69) is 0 Å². The molecule has 0 bridgehead atoms. The molecule has 0 N–H and O–H groups in total. The van der Waals surface area contributed by atoms with E-state index in [0.717, 1.165) is 11.1 Å². The third-order valence-electron chi connectivity index (χ3n) is 2.96. The van der Waals surface area contributed by atoms with Crippen molar-refractivity contribution in [1.29, 1.82) is 0 Å². The van der Waals surface area contributed by atoms with Gasteiger partial charge in [0.2, 0.25) is 0 Å². The van der Waals surface area contributed by atoms with Gasteiger partial charge >= 0.3 is 0 Å². The van der Waals surface area contributed by atoms with E-state index >= 15 is 0 Å². The predicted octanol–water partition coefficient (Wildman–Crippen LogP) is 3.82. The molecule has 0 saturated carbocycles. The minimum absolute atomic E-state index is 0.0149. The highest BCUT2D eigenvalue weighted by Gasteiger charge is 2.09. The van der Waals surface area contributed by atoms with Crippen LogP contribution in [0.15, 0.2) is 53.9 Å². The Morgan fingerprint density at radius 1 is 1.14 bits per heavy atom. The van der Waals surface area contributed by atoms with Crippen LogP contribution in [0, 0.1) is 17.0 Å². The van der Waals surface area contributed by atoms with E-state index in [4.69, 9.17) is 0 Å². The summed E-state index contributed by atoms with van der Waals surface area (Å²) in [6, 6.07) is 14.2. The molecule has 0 spiro atoms. The van der Waals surface area contributed by atoms with Gasteiger partial charge in [0.05, 0.1) is 27.0 Å². The van der Waals surface area contributed by atoms with Crippen LogP contribution >= 0.6 is 0 Å². The lowest BCUT2D eigenvalue weighted by Crippen LogP contribution is -1.93. The topological polar surface area (TPSA) is 60.2 Å². The van der Waals surface area contributed by atoms with E-state index < -0.39 is 15.7 Å². The number of nitro benzene ring substituents is 1. The average molecular weight is 301 g/mol. The van der Waals surface area contributed by atoms with Gasteiger partial charge in [-0.2, -0.15) is 0 Å². The fourth-order valence-corrected chi connectivity index (χ4v) is 2.76. The van der Waals surface area contributed by atoms with Gasteiger partial charge in [-0.3, -0.25) is 14.3 Å². The Kier molecular flexibility index (Phi) is 5.00. The first-order chi connectivity index (χ1) is 10.1. The van der Waals surface area contributed by atoms with E-state index in [1.165, 1.54) is 11.5 Å². The zero-order chi connectivity index (χ0) is 15.2. The van der Waals surface area contributed by atoms with Crippen molar-refractivity contribution in [3.8, 4) is 0 Å². The van der Waals surface area contributed by atoms with Crippen LogP contribution in [0.5, 0.6) is 0 Å². The largest absolute Gasteiger partial charge is 0.276 e. The zero-order valence-electron chi connectivity index (χ0n) is 11.6. The molecular weight excluding hydrogens is 286 g/mol. The number of benzene rings is 2. The van der Waals surface area contributed by atoms with Crippen LogP contribution < -0.4 is 0 Å². The summed E-state index contributed by atoms with van der Waals surface area (Å²) in [4.78, 5) is 10.4. The Hall–Kier alpha value is -2.27. The second kappa shape index (κ2) is 6.95. The molecule has 108 valence electrons. The lowest BCUT2D eigenvalue weighted by Gasteiger charge is -2.00. The highest BCUT2D eigenvalue weighted by molar-refractivity contribution is 7.87. The summed E-state index contributed by atoms with van der Waals surface area (Å²) < 4.78 is 12.0. The SMILES string of the molecule is Cc1ccc(CS(=O)C=Cc2ccccc2[N+](=O)[O-])cc1. The number of para-hydroxylation sites is 1. The number of hydrogen-bond donors (Lipinski definition) is 0. The van der Waals surface area contributed by atoms with Crippen molar-refractivity contribution >= 4 is 22.6 Å². The first kappa shape index (κ1) is 15.1. The highest BCUT2D eigenvalue weighted by atomic mass is 32.2. The van der Waals surface area contributed by atoms with Crippen LogP contribution in [0.2, 0.25) is 0 Å². The van der Waals surface area contributed by atoms with E-state index in [0.29, 0.717) is 11.3 Å². The fourth-order valence-electron chi connectivity index (χ4n) is 1.84. The van der Waals surface area contributed by atoms with Crippen molar-refractivity contribution in [3.05, 3.63) is 80.7 Å². The molecule has 2 aromatic rings. The van der Waals surface area contributed by atoms with Crippen LogP contribution in [0.1, 0.15) is 16.7 Å². The van der Waals surface area contributed by atoms with Crippen LogP contribution in [0.3, 0.4) is 0 Å². The van der Waals surface area contributed by atoms with Gasteiger partial charge in [-0.15, -0.1) is 0 Å². The Balaban J connectivity index is 2.09. The molecule has 21 heavy (non-hydrogen) atoms. The smallest absolute Gasteiger partial charge is 0.258 e. The minimum atomic E-state index is -1.20. The summed E-state index contributed by atoms with van der Waals surface area (Å²) in [5.74, 6) is 0.400. The number of hydrogen-bond acceptors (Lipinski definition) is 3. The van der Waals surface area contributed by atoms with Crippen molar-refractivity contribution in [3.63, 3.8) is 0 Å². The summed E-state index contributed by atoms with van der Waals surface area (Å²) in [7, 11) is -1.20. The van der Waals surface area contributed by atoms with Gasteiger partial charge in [-0.1, -0.05) is 42.0 Å². The number of nitro groups is 1. The molecule has 0 heterocycles. The van der Waals surface area contributed by atoms with Crippen molar-refractivity contribution < 1.29 is 9.13 Å². The minimum Gasteiger partial charge on any atom is -0.258 e. The predicted molar refractivity (Wildman–Crippen MR) is 85.2 cm³/mol. The van der Waals surface area contributed by atoms with E-state index in [-0.39, 0.29) is 5.69 Å². The molecule has 0 fully saturated rings. The monoisotopic (exact) mass is 301 g/mol. The molecule has 4 nitrogen and oxygen atoms in total. The molecule has 2 aromatic carbocycles. The van der Waals surface area contributed by atoms with Crippen LogP contribution in [0.4, 0.5) is 5.69 Å². The van der Waals surface area contributed by atoms with Crippen molar-refractivity contribution in [2.24, 2.45) is 0 Å². The highest BCUT2D eigenvalue weighted by Crippen LogP contribution is 2.19. The van der Waals surface area contributed by atoms with Gasteiger partial charge in [0, 0.05) is 11.5 Å². The zero-order valence-corrected chi connectivity index (χ0v) is 12.4. The van der Waals surface area contributed by atoms with Crippen LogP contribution in [-0.4, -0.2) is 9.13 Å². The van der Waals surface area contributed by atoms with Crippen LogP contribution in [-0.2, 0) is 16.6 Å². The van der Waals surface area contributed by atoms with E-state index in [1.807, 2.05) is 31.2 Å². The molecule has 2 rings (SSSR count). The van der Waals surface area contributed by atoms with Gasteiger partial charge in [0.25, 0.3) is 5.69 Å². The number of aryl methyl sites for hydroxylation is 1. The molecule has 1 atom stereocenters. The molecule has 1 unspecified atom stereocenters. The normalized spacial score (nSPS) is 12.4. The van der Waals surface area contributed by atoms with E-state index in [1.54, 1.807) is 24.3 Å². The average Bonchev–Trinajstić information content (AvgIpc) is 2.48. The molecule has 0 aliphatic rings. The van der Waals surface area contributed by atoms with Crippen molar-refractivity contribution in [1.82, 2.24) is 0 Å². The maximum Gasteiger partial charge on any atom is 0.276 e. The van der Waals surface area contributed by atoms with Gasteiger partial charge in [-0.05, 0) is 24.6 Å². The molecular formula is C16H15NO3S. The number of nitrogens with zero attached hydrogens (tertiary/aromatic N) is 1. The lowest BCUT2D eigenvalue weighted by atomic mass is 10.2. The molecule has 0 saturated heterocycles. The second-order valence-electron chi connectivity index (χ2n) is 4.63. The summed E-state index contributed by atoms with van der Waals surface area (Å²) in [5, 5.41) is 12.4. The molecule has 0 aliphatic heterocycles. The second-order valence-corrected chi connectivity index (χ2v) is 5.95. The first-order valence-electron chi connectivity index (χ1n) is 6.40. The summed E-state index contributed by atoms with van der Waals surface area (Å²) in [6.07, 6.45) is 1.54. The first-order valence-corrected chi connectivity index (χ1v) is 7.79. The third kappa shape index (κ3) is 4.36. The summed E-state index contributed by atoms with van der Waals surface area (Å²) in [5.41, 5.74) is 2.60. The molecule has 0 amide bonds. The van der Waals surface area contributed by atoms with Gasteiger partial charge in [0.1, 0.15) is 0 Å². The van der Waals surface area contributed by atoms with Gasteiger partial charge in [-0.25, -0.2) is 0 Å². The maximum absolute atomic E-state index is 12.0. The summed E-state index contributed by atoms with van der Waals surface area (Å²) >= 11 is 0. The van der Waals surface area contributed by atoms with Crippen LogP contribution in [0.25, 0.3) is 6.08 Å². The summed E-state index contributed by atoms with van der Waals surface area (Å²) in [6.45, 7) is 2.00. The Morgan fingerprint density at radius 2 is 1.81 bits per heavy atom. The lowest BCUT2D eigenvalue weighted by molar-refractivity contribution is -0.385. The Labute approximate surface area is 125 Å². The van der Waals surface area contributed by atoms with Crippen molar-refractivity contribution in [2.75, 3.05) is 0 Å². The maximum atomic E-state index is 12.0. The third-order valence-corrected chi connectivity index (χ3v) is 4.02. The van der Waals surface area contributed by atoms with Crippen molar-refractivity contribution in [2.45, 2.75) is 12.7 Å². The number of rotatable bonds is 5. The molecule has 0 aromatic heterocycles. The molecule has 5 heteroatoms. The molecule has 0 aliphatic carbocycles. The quantitative estimate of drug-likeness (QED) is 0.623. The van der Waals surface area contributed by atoms with Gasteiger partial charge < -0.3 is 0 Å². The Morgan fingerprint density at radius 3 is 2.48 bits per heavy atom. The standard InChI is InChI=1S/C16H15NO3S/c1-13-6-8-14(9-7-13)12-21(20)11-10-15-4-2-3-5-16(15)17(18)19/h2-11H,12H2,1H3. The fraction of sp³-hybridized carbons (Fsp3) is 0.125.